The summed E-state index contributed by atoms with van der Waals surface area (Å²) in [4.78, 5) is 2.23. The van der Waals surface area contributed by atoms with E-state index in [0.29, 0.717) is 0 Å². The van der Waals surface area contributed by atoms with Crippen LogP contribution >= 0.6 is 0 Å². The lowest BCUT2D eigenvalue weighted by molar-refractivity contribution is 0.830. The van der Waals surface area contributed by atoms with Gasteiger partial charge in [0.1, 0.15) is 5.84 Å². The zero-order valence-electron chi connectivity index (χ0n) is 11.1. The van der Waals surface area contributed by atoms with Crippen LogP contribution in [-0.2, 0) is 6.54 Å². The molecule has 0 fully saturated rings. The van der Waals surface area contributed by atoms with Crippen molar-refractivity contribution in [3.8, 4) is 0 Å². The molecule has 2 rings (SSSR count). The molecule has 0 atom stereocenters. The Bertz CT molecular complexity index is 549. The van der Waals surface area contributed by atoms with E-state index in [9.17, 15) is 0 Å². The van der Waals surface area contributed by atoms with Crippen LogP contribution in [0.1, 0.15) is 18.1 Å². The first-order valence-corrected chi connectivity index (χ1v) is 6.44. The molecule has 0 aliphatic carbocycles. The molecule has 0 saturated heterocycles. The van der Waals surface area contributed by atoms with E-state index < -0.39 is 0 Å². The zero-order valence-corrected chi connectivity index (χ0v) is 11.1. The number of hydrogen-bond acceptors (Lipinski definition) is 2. The van der Waals surface area contributed by atoms with Gasteiger partial charge >= 0.3 is 0 Å². The van der Waals surface area contributed by atoms with Gasteiger partial charge in [0, 0.05) is 24.3 Å². The summed E-state index contributed by atoms with van der Waals surface area (Å²) in [6, 6.07) is 18.1. The standard InChI is InChI=1S/C16H19N3/c1-2-19(12-13-8-4-3-5-9-13)15-11-7-6-10-14(15)16(17)18/h3-11H,2,12H2,1H3,(H3,17,18). The third kappa shape index (κ3) is 3.13. The maximum atomic E-state index is 7.68. The highest BCUT2D eigenvalue weighted by Gasteiger charge is 2.11. The third-order valence-corrected chi connectivity index (χ3v) is 3.13. The SMILES string of the molecule is CCN(Cc1ccccc1)c1ccccc1C(=N)N. The van der Waals surface area contributed by atoms with Gasteiger partial charge in [0.15, 0.2) is 0 Å². The van der Waals surface area contributed by atoms with Crippen LogP contribution in [0.4, 0.5) is 5.69 Å². The van der Waals surface area contributed by atoms with Gasteiger partial charge < -0.3 is 10.6 Å². The van der Waals surface area contributed by atoms with Crippen molar-refractivity contribution in [2.45, 2.75) is 13.5 Å². The molecule has 0 amide bonds. The molecular weight excluding hydrogens is 234 g/mol. The molecule has 19 heavy (non-hydrogen) atoms. The first-order chi connectivity index (χ1) is 9.22. The van der Waals surface area contributed by atoms with Crippen molar-refractivity contribution < 1.29 is 0 Å². The fourth-order valence-corrected chi connectivity index (χ4v) is 2.15. The van der Waals surface area contributed by atoms with Gasteiger partial charge in [0.05, 0.1) is 0 Å². The Labute approximate surface area is 114 Å². The van der Waals surface area contributed by atoms with E-state index in [0.717, 1.165) is 24.3 Å². The number of nitrogens with one attached hydrogen (secondary N) is 1. The zero-order chi connectivity index (χ0) is 13.7. The number of para-hydroxylation sites is 1. The number of nitrogens with two attached hydrogens (primary N) is 1. The maximum Gasteiger partial charge on any atom is 0.124 e. The number of amidine groups is 1. The molecule has 3 nitrogen and oxygen atoms in total. The van der Waals surface area contributed by atoms with Crippen molar-refractivity contribution in [3.63, 3.8) is 0 Å². The number of hydrogen-bond donors (Lipinski definition) is 2. The highest BCUT2D eigenvalue weighted by molar-refractivity contribution is 6.00. The Kier molecular flexibility index (Phi) is 4.18. The Hall–Kier alpha value is -2.29. The second kappa shape index (κ2) is 6.05. The molecule has 3 heteroatoms. The fraction of sp³-hybridized carbons (Fsp3) is 0.188. The number of nitrogen functional groups attached to an aromatic ring is 1. The second-order valence-electron chi connectivity index (χ2n) is 4.43. The molecule has 2 aromatic rings. The molecule has 0 unspecified atom stereocenters. The van der Waals surface area contributed by atoms with Crippen LogP contribution in [0.3, 0.4) is 0 Å². The predicted molar refractivity (Wildman–Crippen MR) is 80.6 cm³/mol. The minimum atomic E-state index is 0.113. The summed E-state index contributed by atoms with van der Waals surface area (Å²) < 4.78 is 0. The maximum absolute atomic E-state index is 7.68. The van der Waals surface area contributed by atoms with Crippen molar-refractivity contribution in [2.75, 3.05) is 11.4 Å². The van der Waals surface area contributed by atoms with E-state index in [2.05, 4.69) is 24.0 Å². The Morgan fingerprint density at radius 1 is 1.05 bits per heavy atom. The summed E-state index contributed by atoms with van der Waals surface area (Å²) in [6.07, 6.45) is 0. The van der Waals surface area contributed by atoms with E-state index in [1.807, 2.05) is 42.5 Å². The van der Waals surface area contributed by atoms with Gasteiger partial charge in [-0.25, -0.2) is 0 Å². The first kappa shape index (κ1) is 13.1. The van der Waals surface area contributed by atoms with Gasteiger partial charge in [0.25, 0.3) is 0 Å². The van der Waals surface area contributed by atoms with Crippen molar-refractivity contribution in [1.82, 2.24) is 0 Å². The van der Waals surface area contributed by atoms with E-state index in [1.165, 1.54) is 5.56 Å². The first-order valence-electron chi connectivity index (χ1n) is 6.44. The van der Waals surface area contributed by atoms with Crippen LogP contribution < -0.4 is 10.6 Å². The molecule has 0 spiro atoms. The average molecular weight is 253 g/mol. The quantitative estimate of drug-likeness (QED) is 0.635. The van der Waals surface area contributed by atoms with Gasteiger partial charge in [-0.2, -0.15) is 0 Å². The molecule has 0 aliphatic heterocycles. The van der Waals surface area contributed by atoms with Crippen LogP contribution in [0.5, 0.6) is 0 Å². The predicted octanol–water partition coefficient (Wildman–Crippen LogP) is 3.00. The number of nitrogens with zero attached hydrogens (tertiary/aromatic N) is 1. The largest absolute Gasteiger partial charge is 0.384 e. The molecule has 0 aliphatic rings. The minimum Gasteiger partial charge on any atom is -0.384 e. The van der Waals surface area contributed by atoms with Gasteiger partial charge in [0.2, 0.25) is 0 Å². The second-order valence-corrected chi connectivity index (χ2v) is 4.43. The molecular formula is C16H19N3. The summed E-state index contributed by atoms with van der Waals surface area (Å²) in [5.74, 6) is 0.113. The molecule has 3 N–H and O–H groups in total. The fourth-order valence-electron chi connectivity index (χ4n) is 2.15. The van der Waals surface area contributed by atoms with Crippen molar-refractivity contribution >= 4 is 11.5 Å². The third-order valence-electron chi connectivity index (χ3n) is 3.13. The Balaban J connectivity index is 2.30. The van der Waals surface area contributed by atoms with E-state index in [4.69, 9.17) is 11.1 Å². The van der Waals surface area contributed by atoms with Gasteiger partial charge in [-0.1, -0.05) is 42.5 Å². The van der Waals surface area contributed by atoms with Crippen LogP contribution in [0, 0.1) is 5.41 Å². The number of benzene rings is 2. The summed E-state index contributed by atoms with van der Waals surface area (Å²) in [6.45, 7) is 3.81. The average Bonchev–Trinajstić information content (AvgIpc) is 2.46. The molecule has 0 radical (unpaired) electrons. The van der Waals surface area contributed by atoms with E-state index in [1.54, 1.807) is 0 Å². The molecule has 2 aromatic carbocycles. The molecule has 0 aromatic heterocycles. The van der Waals surface area contributed by atoms with Crippen LogP contribution in [0.2, 0.25) is 0 Å². The summed E-state index contributed by atoms with van der Waals surface area (Å²) in [5.41, 5.74) is 8.72. The summed E-state index contributed by atoms with van der Waals surface area (Å²) in [5, 5.41) is 7.68. The van der Waals surface area contributed by atoms with Gasteiger partial charge in [-0.05, 0) is 24.6 Å². The van der Waals surface area contributed by atoms with Crippen molar-refractivity contribution in [2.24, 2.45) is 5.73 Å². The molecule has 0 saturated carbocycles. The lowest BCUT2D eigenvalue weighted by Gasteiger charge is -2.25. The van der Waals surface area contributed by atoms with Crippen LogP contribution in [0.25, 0.3) is 0 Å². The normalized spacial score (nSPS) is 10.2. The lowest BCUT2D eigenvalue weighted by Crippen LogP contribution is -2.25. The Morgan fingerprint density at radius 2 is 1.68 bits per heavy atom. The van der Waals surface area contributed by atoms with Crippen LogP contribution in [0.15, 0.2) is 54.6 Å². The highest BCUT2D eigenvalue weighted by atomic mass is 15.1. The van der Waals surface area contributed by atoms with E-state index >= 15 is 0 Å². The Morgan fingerprint density at radius 3 is 2.32 bits per heavy atom. The monoisotopic (exact) mass is 253 g/mol. The highest BCUT2D eigenvalue weighted by Crippen LogP contribution is 2.21. The summed E-state index contributed by atoms with van der Waals surface area (Å²) >= 11 is 0. The molecule has 0 heterocycles. The van der Waals surface area contributed by atoms with Gasteiger partial charge in [-0.3, -0.25) is 5.41 Å². The smallest absolute Gasteiger partial charge is 0.124 e. The topological polar surface area (TPSA) is 53.1 Å². The van der Waals surface area contributed by atoms with Crippen LogP contribution in [-0.4, -0.2) is 12.4 Å². The molecule has 0 bridgehead atoms. The lowest BCUT2D eigenvalue weighted by atomic mass is 10.1. The van der Waals surface area contributed by atoms with Crippen molar-refractivity contribution in [3.05, 3.63) is 65.7 Å². The van der Waals surface area contributed by atoms with Crippen molar-refractivity contribution in [1.29, 1.82) is 5.41 Å². The molecule has 98 valence electrons. The summed E-state index contributed by atoms with van der Waals surface area (Å²) in [7, 11) is 0. The minimum absolute atomic E-state index is 0.113. The van der Waals surface area contributed by atoms with E-state index in [-0.39, 0.29) is 5.84 Å². The van der Waals surface area contributed by atoms with Gasteiger partial charge in [-0.15, -0.1) is 0 Å². The number of rotatable bonds is 5. The number of anilines is 1.